The summed E-state index contributed by atoms with van der Waals surface area (Å²) in [4.78, 5) is 39.1. The third-order valence-corrected chi connectivity index (χ3v) is 8.80. The molecule has 37 heavy (non-hydrogen) atoms. The number of carbonyl (C=O) groups is 3. The lowest BCUT2D eigenvalue weighted by Gasteiger charge is -2.28. The van der Waals surface area contributed by atoms with Crippen molar-refractivity contribution < 1.29 is 27.2 Å². The number of hydrogen-bond acceptors (Lipinski definition) is 6. The van der Waals surface area contributed by atoms with Crippen LogP contribution >= 0.6 is 0 Å². The van der Waals surface area contributed by atoms with Gasteiger partial charge in [-0.15, -0.1) is 0 Å². The third kappa shape index (κ3) is 4.94. The number of amides is 3. The minimum absolute atomic E-state index is 0.134. The highest BCUT2D eigenvalue weighted by atomic mass is 32.2. The summed E-state index contributed by atoms with van der Waals surface area (Å²) < 4.78 is 34.9. The maximum Gasteiger partial charge on any atom is 0.252 e. The molecule has 3 aromatic rings. The summed E-state index contributed by atoms with van der Waals surface area (Å²) in [5, 5.41) is 2.63. The van der Waals surface area contributed by atoms with Crippen LogP contribution in [0.3, 0.4) is 0 Å². The zero-order chi connectivity index (χ0) is 27.1. The number of anilines is 2. The average molecular weight is 524 g/mol. The van der Waals surface area contributed by atoms with E-state index in [1.165, 1.54) is 25.3 Å². The number of sulfonamides is 1. The van der Waals surface area contributed by atoms with Crippen molar-refractivity contribution in [2.45, 2.75) is 58.5 Å². The van der Waals surface area contributed by atoms with Crippen LogP contribution in [0, 0.1) is 27.7 Å². The Hall–Kier alpha value is -3.76. The fraction of sp³-hybridized carbons (Fsp3) is 0.296. The van der Waals surface area contributed by atoms with Crippen molar-refractivity contribution in [1.29, 1.82) is 0 Å². The molecule has 9 nitrogen and oxygen atoms in total. The normalized spacial score (nSPS) is 16.1. The Balaban J connectivity index is 1.77. The predicted octanol–water partition coefficient (Wildman–Crippen LogP) is 3.99. The Bertz CT molecular complexity index is 1450. The van der Waals surface area contributed by atoms with E-state index < -0.39 is 27.9 Å². The van der Waals surface area contributed by atoms with E-state index in [1.54, 1.807) is 38.1 Å². The van der Waals surface area contributed by atoms with Crippen LogP contribution in [0.1, 0.15) is 41.4 Å². The SMILES string of the molecule is CC(=O)Nc1ccc(N2C(=O)CC(N(Cc3ccco3)S(=O)(=O)c3c(C)c(C)cc(C)c3C)C2=O)cc1. The van der Waals surface area contributed by atoms with Gasteiger partial charge in [-0.25, -0.2) is 13.3 Å². The first-order chi connectivity index (χ1) is 17.4. The zero-order valence-corrected chi connectivity index (χ0v) is 22.2. The second-order valence-corrected chi connectivity index (χ2v) is 11.1. The molecule has 2 heterocycles. The van der Waals surface area contributed by atoms with E-state index in [0.717, 1.165) is 20.3 Å². The first kappa shape index (κ1) is 26.3. The molecule has 1 aliphatic heterocycles. The quantitative estimate of drug-likeness (QED) is 0.468. The molecule has 1 N–H and O–H groups in total. The fourth-order valence-corrected chi connectivity index (χ4v) is 6.74. The van der Waals surface area contributed by atoms with Gasteiger partial charge in [-0.2, -0.15) is 4.31 Å². The molecule has 0 aliphatic carbocycles. The topological polar surface area (TPSA) is 117 Å². The molecule has 0 spiro atoms. The number of aryl methyl sites for hydroxylation is 2. The molecule has 194 valence electrons. The van der Waals surface area contributed by atoms with Crippen molar-refractivity contribution in [2.75, 3.05) is 10.2 Å². The van der Waals surface area contributed by atoms with Gasteiger partial charge in [0.15, 0.2) is 0 Å². The number of carbonyl (C=O) groups excluding carboxylic acids is 3. The second kappa shape index (κ2) is 9.95. The van der Waals surface area contributed by atoms with E-state index in [2.05, 4.69) is 5.32 Å². The summed E-state index contributed by atoms with van der Waals surface area (Å²) in [6.07, 6.45) is 1.12. The van der Waals surface area contributed by atoms with Gasteiger partial charge in [0.1, 0.15) is 11.8 Å². The zero-order valence-electron chi connectivity index (χ0n) is 21.4. The van der Waals surface area contributed by atoms with Crippen LogP contribution in [0.2, 0.25) is 0 Å². The fourth-order valence-electron chi connectivity index (χ4n) is 4.61. The van der Waals surface area contributed by atoms with E-state index in [9.17, 15) is 22.8 Å². The molecule has 1 atom stereocenters. The van der Waals surface area contributed by atoms with Crippen molar-refractivity contribution >= 4 is 39.1 Å². The molecule has 1 fully saturated rings. The Labute approximate surface area is 216 Å². The van der Waals surface area contributed by atoms with E-state index >= 15 is 0 Å². The molecule has 0 saturated carbocycles. The minimum Gasteiger partial charge on any atom is -0.468 e. The van der Waals surface area contributed by atoms with Gasteiger partial charge in [0, 0.05) is 12.6 Å². The van der Waals surface area contributed by atoms with Crippen molar-refractivity contribution in [3.8, 4) is 0 Å². The van der Waals surface area contributed by atoms with E-state index in [-0.39, 0.29) is 23.8 Å². The van der Waals surface area contributed by atoms with Crippen LogP contribution in [0.25, 0.3) is 0 Å². The van der Waals surface area contributed by atoms with Gasteiger partial charge < -0.3 is 9.73 Å². The molecule has 2 aromatic carbocycles. The smallest absolute Gasteiger partial charge is 0.252 e. The summed E-state index contributed by atoms with van der Waals surface area (Å²) >= 11 is 0. The monoisotopic (exact) mass is 523 g/mol. The highest BCUT2D eigenvalue weighted by molar-refractivity contribution is 7.89. The molecule has 0 bridgehead atoms. The lowest BCUT2D eigenvalue weighted by Crippen LogP contribution is -2.45. The summed E-state index contributed by atoms with van der Waals surface area (Å²) in [6.45, 7) is 8.33. The average Bonchev–Trinajstić information content (AvgIpc) is 3.44. The second-order valence-electron chi connectivity index (χ2n) is 9.23. The van der Waals surface area contributed by atoms with Crippen LogP contribution in [0.4, 0.5) is 11.4 Å². The Morgan fingerprint density at radius 1 is 1.05 bits per heavy atom. The molecular weight excluding hydrogens is 494 g/mol. The van der Waals surface area contributed by atoms with Crippen LogP contribution in [0.5, 0.6) is 0 Å². The first-order valence-corrected chi connectivity index (χ1v) is 13.2. The minimum atomic E-state index is -4.22. The van der Waals surface area contributed by atoms with Gasteiger partial charge in [0.2, 0.25) is 21.8 Å². The van der Waals surface area contributed by atoms with E-state index in [0.29, 0.717) is 28.3 Å². The third-order valence-electron chi connectivity index (χ3n) is 6.67. The summed E-state index contributed by atoms with van der Waals surface area (Å²) in [5.41, 5.74) is 3.61. The lowest BCUT2D eigenvalue weighted by molar-refractivity contribution is -0.122. The van der Waals surface area contributed by atoms with Crippen molar-refractivity contribution in [3.05, 3.63) is 76.7 Å². The Kier molecular flexibility index (Phi) is 7.07. The highest BCUT2D eigenvalue weighted by Crippen LogP contribution is 2.34. The number of rotatable bonds is 7. The van der Waals surface area contributed by atoms with Crippen LogP contribution in [0.15, 0.2) is 58.0 Å². The molecule has 1 saturated heterocycles. The number of nitrogens with one attached hydrogen (secondary N) is 1. The molecular formula is C27H29N3O6S. The van der Waals surface area contributed by atoms with Gasteiger partial charge in [0.25, 0.3) is 5.91 Å². The molecule has 4 rings (SSSR count). The molecule has 1 aromatic heterocycles. The van der Waals surface area contributed by atoms with Crippen molar-refractivity contribution in [1.82, 2.24) is 4.31 Å². The van der Waals surface area contributed by atoms with Gasteiger partial charge in [-0.3, -0.25) is 14.4 Å². The largest absolute Gasteiger partial charge is 0.468 e. The van der Waals surface area contributed by atoms with Crippen molar-refractivity contribution in [3.63, 3.8) is 0 Å². The number of benzene rings is 2. The van der Waals surface area contributed by atoms with Crippen molar-refractivity contribution in [2.24, 2.45) is 0 Å². The Morgan fingerprint density at radius 2 is 1.68 bits per heavy atom. The molecule has 10 heteroatoms. The van der Waals surface area contributed by atoms with E-state index in [1.807, 2.05) is 19.9 Å². The Morgan fingerprint density at radius 3 is 2.22 bits per heavy atom. The lowest BCUT2D eigenvalue weighted by atomic mass is 10.0. The molecule has 1 aliphatic rings. The van der Waals surface area contributed by atoms with Gasteiger partial charge in [-0.05, 0) is 86.3 Å². The summed E-state index contributed by atoms with van der Waals surface area (Å²) in [5.74, 6) is -1.07. The van der Waals surface area contributed by atoms with Gasteiger partial charge in [0.05, 0.1) is 29.8 Å². The number of furan rings is 1. The maximum atomic E-state index is 14.2. The summed E-state index contributed by atoms with van der Waals surface area (Å²) in [6, 6.07) is 10.2. The van der Waals surface area contributed by atoms with Crippen LogP contribution < -0.4 is 10.2 Å². The standard InChI is InChI=1S/C27H29N3O6S/c1-16-13-17(2)19(4)26(18(16)3)37(34,35)29(15-23-7-6-12-36-23)24-14-25(32)30(27(24)33)22-10-8-21(9-11-22)28-20(5)31/h6-13,24H,14-15H2,1-5H3,(H,28,31). The molecule has 0 radical (unpaired) electrons. The molecule has 1 unspecified atom stereocenters. The summed E-state index contributed by atoms with van der Waals surface area (Å²) in [7, 11) is -4.22. The maximum absolute atomic E-state index is 14.2. The van der Waals surface area contributed by atoms with E-state index in [4.69, 9.17) is 4.42 Å². The number of hydrogen-bond donors (Lipinski definition) is 1. The highest BCUT2D eigenvalue weighted by Gasteiger charge is 2.48. The van der Waals surface area contributed by atoms with Gasteiger partial charge in [-0.1, -0.05) is 6.07 Å². The number of imide groups is 1. The predicted molar refractivity (Wildman–Crippen MR) is 138 cm³/mol. The van der Waals surface area contributed by atoms with Gasteiger partial charge >= 0.3 is 0 Å². The molecule has 3 amide bonds. The first-order valence-electron chi connectivity index (χ1n) is 11.8. The van der Waals surface area contributed by atoms with Crippen LogP contribution in [-0.4, -0.2) is 36.5 Å². The number of nitrogens with zero attached hydrogens (tertiary/aromatic N) is 2. The van der Waals surface area contributed by atoms with Crippen LogP contribution in [-0.2, 0) is 31.0 Å².